The van der Waals surface area contributed by atoms with Crippen molar-refractivity contribution >= 4 is 43.2 Å². The highest BCUT2D eigenvalue weighted by atomic mass is 79.9. The minimum absolute atomic E-state index is 0.460. The van der Waals surface area contributed by atoms with Gasteiger partial charge in [-0.3, -0.25) is 0 Å². The molecule has 0 radical (unpaired) electrons. The first-order chi connectivity index (χ1) is 8.36. The molecule has 102 valence electrons. The van der Waals surface area contributed by atoms with Gasteiger partial charge in [0.15, 0.2) is 0 Å². The fraction of sp³-hybridized carbons (Fsp3) is 0.733. The molecule has 0 nitrogen and oxygen atoms in total. The van der Waals surface area contributed by atoms with Gasteiger partial charge in [-0.2, -0.15) is 0 Å². The van der Waals surface area contributed by atoms with Crippen molar-refractivity contribution in [3.05, 3.63) is 20.8 Å². The number of alkyl halides is 1. The van der Waals surface area contributed by atoms with Gasteiger partial charge in [0.25, 0.3) is 0 Å². The van der Waals surface area contributed by atoms with Gasteiger partial charge in [0.2, 0.25) is 0 Å². The van der Waals surface area contributed by atoms with Gasteiger partial charge in [-0.1, -0.05) is 36.7 Å². The second-order valence-corrected chi connectivity index (χ2v) is 10.3. The molecule has 0 amide bonds. The highest BCUT2D eigenvalue weighted by Gasteiger charge is 2.34. The molecule has 3 atom stereocenters. The average Bonchev–Trinajstić information content (AvgIpc) is 2.66. The molecule has 1 aliphatic carbocycles. The molecule has 1 aliphatic rings. The van der Waals surface area contributed by atoms with Crippen LogP contribution in [0.5, 0.6) is 0 Å². The van der Waals surface area contributed by atoms with Gasteiger partial charge in [-0.05, 0) is 71.0 Å². The monoisotopic (exact) mass is 392 g/mol. The van der Waals surface area contributed by atoms with Crippen LogP contribution in [0.1, 0.15) is 44.9 Å². The van der Waals surface area contributed by atoms with Gasteiger partial charge in [0, 0.05) is 9.70 Å². The maximum Gasteiger partial charge on any atom is 0.0701 e. The van der Waals surface area contributed by atoms with Crippen molar-refractivity contribution in [2.75, 3.05) is 0 Å². The number of hydrogen-bond donors (Lipinski definition) is 0. The second kappa shape index (κ2) is 5.97. The fourth-order valence-corrected chi connectivity index (χ4v) is 5.19. The summed E-state index contributed by atoms with van der Waals surface area (Å²) in [6, 6.07) is 4.45. The van der Waals surface area contributed by atoms with Crippen LogP contribution >= 0.6 is 43.2 Å². The maximum atomic E-state index is 3.91. The van der Waals surface area contributed by atoms with Crippen LogP contribution in [0.25, 0.3) is 0 Å². The Morgan fingerprint density at radius 2 is 2.00 bits per heavy atom. The number of rotatable bonds is 2. The molecular formula is C15H22Br2S. The SMILES string of the molecule is CC(C)(C)C1CCC(Br)C(Cc2ccc(Br)s2)C1. The third kappa shape index (κ3) is 3.83. The quantitative estimate of drug-likeness (QED) is 0.518. The van der Waals surface area contributed by atoms with E-state index in [0.717, 1.165) is 11.8 Å². The summed E-state index contributed by atoms with van der Waals surface area (Å²) in [7, 11) is 0. The van der Waals surface area contributed by atoms with Crippen LogP contribution in [-0.2, 0) is 6.42 Å². The molecule has 3 unspecified atom stereocenters. The molecule has 2 rings (SSSR count). The van der Waals surface area contributed by atoms with Gasteiger partial charge in [0.05, 0.1) is 3.79 Å². The minimum atomic E-state index is 0.460. The predicted molar refractivity (Wildman–Crippen MR) is 88.7 cm³/mol. The average molecular weight is 394 g/mol. The zero-order chi connectivity index (χ0) is 13.3. The van der Waals surface area contributed by atoms with Crippen LogP contribution in [-0.4, -0.2) is 4.83 Å². The molecule has 0 aliphatic heterocycles. The van der Waals surface area contributed by atoms with E-state index in [1.807, 2.05) is 11.3 Å². The summed E-state index contributed by atoms with van der Waals surface area (Å²) < 4.78 is 1.26. The third-order valence-electron chi connectivity index (χ3n) is 4.21. The zero-order valence-corrected chi connectivity index (χ0v) is 15.4. The van der Waals surface area contributed by atoms with Crippen LogP contribution in [0.15, 0.2) is 15.9 Å². The number of halogens is 2. The van der Waals surface area contributed by atoms with Gasteiger partial charge in [-0.15, -0.1) is 11.3 Å². The molecule has 18 heavy (non-hydrogen) atoms. The Labute approximate surface area is 132 Å². The van der Waals surface area contributed by atoms with E-state index in [4.69, 9.17) is 0 Å². The molecule has 1 aromatic rings. The smallest absolute Gasteiger partial charge is 0.0701 e. The maximum absolute atomic E-state index is 3.91. The van der Waals surface area contributed by atoms with Crippen molar-refractivity contribution < 1.29 is 0 Å². The molecule has 1 fully saturated rings. The molecule has 0 N–H and O–H groups in total. The minimum Gasteiger partial charge on any atom is -0.133 e. The molecule has 0 aromatic carbocycles. The first kappa shape index (κ1) is 15.1. The Kier molecular flexibility index (Phi) is 4.99. The first-order valence-corrected chi connectivity index (χ1v) is 9.27. The van der Waals surface area contributed by atoms with E-state index in [9.17, 15) is 0 Å². The molecule has 1 saturated carbocycles. The summed E-state index contributed by atoms with van der Waals surface area (Å²) in [5, 5.41) is 0. The lowest BCUT2D eigenvalue weighted by Crippen LogP contribution is -2.33. The molecule has 0 saturated heterocycles. The first-order valence-electron chi connectivity index (χ1n) is 6.74. The van der Waals surface area contributed by atoms with E-state index in [0.29, 0.717) is 10.2 Å². The van der Waals surface area contributed by atoms with Gasteiger partial charge >= 0.3 is 0 Å². The molecule has 0 bridgehead atoms. The molecule has 3 heteroatoms. The molecule has 1 aromatic heterocycles. The lowest BCUT2D eigenvalue weighted by molar-refractivity contribution is 0.147. The summed E-state index contributed by atoms with van der Waals surface area (Å²) in [5.74, 6) is 1.67. The Bertz CT molecular complexity index is 391. The van der Waals surface area contributed by atoms with Crippen LogP contribution in [0.3, 0.4) is 0 Å². The number of thiophene rings is 1. The van der Waals surface area contributed by atoms with E-state index >= 15 is 0 Å². The lowest BCUT2D eigenvalue weighted by Gasteiger charge is -2.40. The summed E-state index contributed by atoms with van der Waals surface area (Å²) in [6.45, 7) is 7.18. The predicted octanol–water partition coefficient (Wildman–Crippen LogP) is 6.28. The van der Waals surface area contributed by atoms with Crippen molar-refractivity contribution in [3.63, 3.8) is 0 Å². The summed E-state index contributed by atoms with van der Waals surface area (Å²) in [4.78, 5) is 2.22. The van der Waals surface area contributed by atoms with Crippen LogP contribution in [0, 0.1) is 17.3 Å². The van der Waals surface area contributed by atoms with Crippen molar-refractivity contribution in [2.45, 2.75) is 51.3 Å². The summed E-state index contributed by atoms with van der Waals surface area (Å²) in [5.41, 5.74) is 0.460. The van der Waals surface area contributed by atoms with Crippen molar-refractivity contribution in [3.8, 4) is 0 Å². The highest BCUT2D eigenvalue weighted by molar-refractivity contribution is 9.11. The third-order valence-corrected chi connectivity index (χ3v) is 7.06. The van der Waals surface area contributed by atoms with E-state index in [-0.39, 0.29) is 0 Å². The van der Waals surface area contributed by atoms with Crippen LogP contribution in [0.2, 0.25) is 0 Å². The van der Waals surface area contributed by atoms with E-state index < -0.39 is 0 Å². The fourth-order valence-electron chi connectivity index (χ4n) is 2.94. The normalized spacial score (nSPS) is 29.5. The summed E-state index contributed by atoms with van der Waals surface area (Å²) in [6.07, 6.45) is 5.32. The lowest BCUT2D eigenvalue weighted by atomic mass is 9.68. The van der Waals surface area contributed by atoms with E-state index in [2.05, 4.69) is 64.8 Å². The zero-order valence-electron chi connectivity index (χ0n) is 11.4. The Morgan fingerprint density at radius 1 is 1.28 bits per heavy atom. The van der Waals surface area contributed by atoms with E-state index in [1.54, 1.807) is 0 Å². The van der Waals surface area contributed by atoms with Crippen molar-refractivity contribution in [1.82, 2.24) is 0 Å². The van der Waals surface area contributed by atoms with Gasteiger partial charge < -0.3 is 0 Å². The topological polar surface area (TPSA) is 0 Å². The molecular weight excluding hydrogens is 372 g/mol. The second-order valence-electron chi connectivity index (χ2n) is 6.56. The van der Waals surface area contributed by atoms with Crippen LogP contribution < -0.4 is 0 Å². The Hall–Kier alpha value is 0.660. The van der Waals surface area contributed by atoms with E-state index in [1.165, 1.54) is 34.3 Å². The van der Waals surface area contributed by atoms with Gasteiger partial charge in [0.1, 0.15) is 0 Å². The largest absolute Gasteiger partial charge is 0.133 e. The molecule has 1 heterocycles. The number of hydrogen-bond acceptors (Lipinski definition) is 1. The standard InChI is InChI=1S/C15H22Br2S/c1-15(2,3)11-4-6-13(16)10(8-11)9-12-5-7-14(17)18-12/h5,7,10-11,13H,4,6,8-9H2,1-3H3. The highest BCUT2D eigenvalue weighted by Crippen LogP contribution is 2.44. The van der Waals surface area contributed by atoms with Crippen LogP contribution in [0.4, 0.5) is 0 Å². The van der Waals surface area contributed by atoms with Crippen molar-refractivity contribution in [1.29, 1.82) is 0 Å². The molecule has 0 spiro atoms. The van der Waals surface area contributed by atoms with Crippen molar-refractivity contribution in [2.24, 2.45) is 17.3 Å². The Morgan fingerprint density at radius 3 is 2.56 bits per heavy atom. The summed E-state index contributed by atoms with van der Waals surface area (Å²) >= 11 is 9.36. The Balaban J connectivity index is 2.02. The van der Waals surface area contributed by atoms with Gasteiger partial charge in [-0.25, -0.2) is 0 Å².